The molecule has 0 aliphatic heterocycles. The molecule has 2 N–H and O–H groups in total. The second-order valence-electron chi connectivity index (χ2n) is 9.07. The van der Waals surface area contributed by atoms with Gasteiger partial charge in [-0.25, -0.2) is 18.2 Å². The van der Waals surface area contributed by atoms with Gasteiger partial charge >= 0.3 is 0 Å². The number of halogens is 3. The number of hydrogen-bond acceptors (Lipinski definition) is 3. The second-order valence-corrected chi connectivity index (χ2v) is 9.07. The molecule has 4 nitrogen and oxygen atoms in total. The summed E-state index contributed by atoms with van der Waals surface area (Å²) >= 11 is 0. The van der Waals surface area contributed by atoms with Crippen molar-refractivity contribution in [1.82, 2.24) is 14.9 Å². The minimum Gasteiger partial charge on any atom is -0.389 e. The average molecular weight is 466 g/mol. The molecule has 7 heteroatoms. The maximum absolute atomic E-state index is 15.2. The summed E-state index contributed by atoms with van der Waals surface area (Å²) in [5.41, 5.74) is -1.53. The van der Waals surface area contributed by atoms with Gasteiger partial charge in [0.15, 0.2) is 0 Å². The Bertz CT molecular complexity index is 1330. The lowest BCUT2D eigenvalue weighted by molar-refractivity contribution is -0.131. The van der Waals surface area contributed by atoms with E-state index >= 15 is 8.78 Å². The molecular weight excluding hydrogens is 427 g/mol. The zero-order chi connectivity index (χ0) is 29.2. The molecule has 0 bridgehead atoms. The molecule has 1 aliphatic carbocycles. The van der Waals surface area contributed by atoms with E-state index in [4.69, 9.17) is 8.22 Å². The lowest BCUT2D eigenvalue weighted by Gasteiger charge is -2.47. The quantitative estimate of drug-likeness (QED) is 0.454. The number of benzene rings is 2. The van der Waals surface area contributed by atoms with Gasteiger partial charge in [0.1, 0.15) is 11.6 Å². The fraction of sp³-hybridized carbons (Fsp3) is 0.500. The molecule has 3 aromatic rings. The highest BCUT2D eigenvalue weighted by atomic mass is 19.3. The van der Waals surface area contributed by atoms with Gasteiger partial charge in [0, 0.05) is 39.0 Å². The van der Waals surface area contributed by atoms with Crippen molar-refractivity contribution in [2.24, 2.45) is 5.92 Å². The van der Waals surface area contributed by atoms with E-state index in [9.17, 15) is 9.50 Å². The van der Waals surface area contributed by atoms with E-state index in [1.54, 1.807) is 38.1 Å². The van der Waals surface area contributed by atoms with Gasteiger partial charge in [-0.1, -0.05) is 32.0 Å². The van der Waals surface area contributed by atoms with Crippen LogP contribution in [0.3, 0.4) is 0 Å². The summed E-state index contributed by atoms with van der Waals surface area (Å²) in [6.07, 6.45) is -7.45. The van der Waals surface area contributed by atoms with Crippen molar-refractivity contribution in [3.05, 3.63) is 65.2 Å². The van der Waals surface area contributed by atoms with Gasteiger partial charge in [0.2, 0.25) is 0 Å². The molecule has 0 saturated carbocycles. The van der Waals surface area contributed by atoms with Gasteiger partial charge in [-0.15, -0.1) is 0 Å². The van der Waals surface area contributed by atoms with Crippen LogP contribution in [-0.2, 0) is 12.3 Å². The van der Waals surface area contributed by atoms with Crippen molar-refractivity contribution in [3.63, 3.8) is 0 Å². The lowest BCUT2D eigenvalue weighted by atomic mass is 9.64. The van der Waals surface area contributed by atoms with Gasteiger partial charge in [-0.2, -0.15) is 0 Å². The Morgan fingerprint density at radius 1 is 1.27 bits per heavy atom. The smallest absolute Gasteiger partial charge is 0.276 e. The van der Waals surface area contributed by atoms with Crippen LogP contribution >= 0.6 is 0 Å². The van der Waals surface area contributed by atoms with E-state index in [1.165, 1.54) is 13.1 Å². The minimum atomic E-state index is -3.54. The predicted molar refractivity (Wildman–Crippen MR) is 124 cm³/mol. The maximum atomic E-state index is 15.2. The predicted octanol–water partition coefficient (Wildman–Crippen LogP) is 5.62. The van der Waals surface area contributed by atoms with Crippen LogP contribution in [0.4, 0.5) is 13.2 Å². The number of aryl methyl sites for hydroxylation is 1. The summed E-state index contributed by atoms with van der Waals surface area (Å²) in [6, 6.07) is 9.72. The Labute approximate surface area is 201 Å². The van der Waals surface area contributed by atoms with Crippen molar-refractivity contribution in [2.75, 3.05) is 20.1 Å². The third-order valence-corrected chi connectivity index (χ3v) is 6.22. The third kappa shape index (κ3) is 4.94. The first-order chi connectivity index (χ1) is 17.8. The number of alkyl halides is 2. The topological polar surface area (TPSA) is 52.2 Å². The highest BCUT2D eigenvalue weighted by molar-refractivity contribution is 5.74. The maximum Gasteiger partial charge on any atom is 0.276 e. The van der Waals surface area contributed by atoms with E-state index in [0.717, 1.165) is 17.0 Å². The summed E-state index contributed by atoms with van der Waals surface area (Å²) in [5.74, 6) is -5.88. The van der Waals surface area contributed by atoms with Crippen molar-refractivity contribution in [1.29, 1.82) is 0 Å². The van der Waals surface area contributed by atoms with Crippen LogP contribution in [0.5, 0.6) is 0 Å². The van der Waals surface area contributed by atoms with Gasteiger partial charge < -0.3 is 15.0 Å². The second kappa shape index (κ2) is 9.11. The molecule has 178 valence electrons. The van der Waals surface area contributed by atoms with Crippen LogP contribution in [0, 0.1) is 11.7 Å². The van der Waals surface area contributed by atoms with Crippen molar-refractivity contribution in [2.45, 2.75) is 56.9 Å². The van der Waals surface area contributed by atoms with E-state index in [0.29, 0.717) is 11.0 Å². The zero-order valence-electron chi connectivity index (χ0n) is 24.8. The number of hydrogen-bond donors (Lipinski definition) is 2. The minimum absolute atomic E-state index is 0.118. The van der Waals surface area contributed by atoms with Gasteiger partial charge in [-0.3, -0.25) is 0 Å². The number of rotatable bonds is 8. The first-order valence-electron chi connectivity index (χ1n) is 13.9. The first-order valence-corrected chi connectivity index (χ1v) is 10.9. The summed E-state index contributed by atoms with van der Waals surface area (Å²) in [5, 5.41) is 11.6. The fourth-order valence-electron chi connectivity index (χ4n) is 4.83. The van der Waals surface area contributed by atoms with E-state index in [2.05, 4.69) is 9.97 Å². The van der Waals surface area contributed by atoms with Crippen LogP contribution in [0.15, 0.2) is 42.5 Å². The van der Waals surface area contributed by atoms with Crippen molar-refractivity contribution >= 4 is 11.0 Å². The van der Waals surface area contributed by atoms with Crippen LogP contribution in [0.1, 0.15) is 64.2 Å². The Kier molecular flexibility index (Phi) is 4.72. The van der Waals surface area contributed by atoms with Crippen LogP contribution in [0.2, 0.25) is 0 Å². The number of fused-ring (bicyclic) bond motifs is 2. The molecule has 0 fully saturated rings. The lowest BCUT2D eigenvalue weighted by Crippen LogP contribution is -2.49. The van der Waals surface area contributed by atoms with Gasteiger partial charge in [0.05, 0.1) is 16.6 Å². The summed E-state index contributed by atoms with van der Waals surface area (Å²) in [7, 11) is 1.21. The Morgan fingerprint density at radius 3 is 2.76 bits per heavy atom. The van der Waals surface area contributed by atoms with Gasteiger partial charge in [-0.05, 0) is 62.1 Å². The molecule has 0 unspecified atom stereocenters. The average Bonchev–Trinajstić information content (AvgIpc) is 3.27. The fourth-order valence-corrected chi connectivity index (χ4v) is 4.83. The van der Waals surface area contributed by atoms with Crippen molar-refractivity contribution in [3.8, 4) is 0 Å². The largest absolute Gasteiger partial charge is 0.389 e. The first kappa shape index (κ1) is 17.1. The molecule has 4 rings (SSSR count). The van der Waals surface area contributed by atoms with E-state index < -0.39 is 54.5 Å². The molecule has 2 aromatic carbocycles. The summed E-state index contributed by atoms with van der Waals surface area (Å²) in [6.45, 7) is 0.178. The Balaban J connectivity index is 1.61. The molecule has 0 saturated heterocycles. The highest BCUT2D eigenvalue weighted by Gasteiger charge is 2.54. The van der Waals surface area contributed by atoms with Crippen LogP contribution in [-0.4, -0.2) is 45.7 Å². The number of para-hydroxylation sites is 2. The SMILES string of the molecule is [2H]C([2H])(c1nc2ccccc2[nH]1)C([2H])([2H])C([2H])([2H])N(C)CC[C@@]1(O)CC(F)(F)c2cc(F)ccc2[C@@H]1C(C)C. The van der Waals surface area contributed by atoms with Crippen LogP contribution in [0.25, 0.3) is 11.0 Å². The normalized spacial score (nSPS) is 26.3. The highest BCUT2D eigenvalue weighted by Crippen LogP contribution is 2.53. The van der Waals surface area contributed by atoms with E-state index in [1.807, 2.05) is 0 Å². The van der Waals surface area contributed by atoms with E-state index in [-0.39, 0.29) is 30.3 Å². The number of nitrogens with zero attached hydrogens (tertiary/aromatic N) is 2. The van der Waals surface area contributed by atoms with Crippen LogP contribution < -0.4 is 0 Å². The van der Waals surface area contributed by atoms with Gasteiger partial charge in [0.25, 0.3) is 5.92 Å². The molecule has 0 spiro atoms. The molecule has 33 heavy (non-hydrogen) atoms. The number of H-pyrrole nitrogens is 1. The Hall–Kier alpha value is -2.38. The monoisotopic (exact) mass is 465 g/mol. The molecule has 0 radical (unpaired) electrons. The molecule has 1 heterocycles. The molecule has 2 atom stereocenters. The molecular formula is C26H32F3N3O. The standard InChI is InChI=1S/C26H32F3N3O/c1-17(2)24-19-11-10-18(27)15-20(19)26(28,29)16-25(24,33)12-14-32(3)13-6-9-23-30-21-7-4-5-8-22(21)31-23/h4-5,7-8,10-11,15,17,24,33H,6,9,12-14,16H2,1-3H3,(H,30,31)/t24-,25+/m0/s1/i6D2,9D2,13D2. The summed E-state index contributed by atoms with van der Waals surface area (Å²) < 4.78 is 95.3. The Morgan fingerprint density at radius 2 is 2.03 bits per heavy atom. The number of aliphatic hydroxyl groups is 1. The number of nitrogens with one attached hydrogen (secondary N) is 1. The molecule has 1 aromatic heterocycles. The number of imidazole rings is 1. The molecule has 1 aliphatic rings. The number of aromatic amines is 1. The molecule has 0 amide bonds. The zero-order valence-corrected chi connectivity index (χ0v) is 18.8. The summed E-state index contributed by atoms with van der Waals surface area (Å²) in [4.78, 5) is 7.73. The van der Waals surface area contributed by atoms with Crippen molar-refractivity contribution < 1.29 is 26.5 Å². The third-order valence-electron chi connectivity index (χ3n) is 6.22. The number of aromatic nitrogens is 2.